The van der Waals surface area contributed by atoms with Gasteiger partial charge in [-0.1, -0.05) is 13.8 Å². The molecule has 0 aromatic heterocycles. The highest BCUT2D eigenvalue weighted by Crippen LogP contribution is 2.25. The van der Waals surface area contributed by atoms with E-state index < -0.39 is 0 Å². The monoisotopic (exact) mass is 228 g/mol. The maximum Gasteiger partial charge on any atom is 0.0460 e. The molecule has 3 heteroatoms. The molecule has 0 aromatic carbocycles. The highest BCUT2D eigenvalue weighted by atomic mass is 16.3. The molecule has 1 aliphatic heterocycles. The molecule has 0 saturated carbocycles. The summed E-state index contributed by atoms with van der Waals surface area (Å²) in [5, 5.41) is 12.5. The fourth-order valence-electron chi connectivity index (χ4n) is 2.43. The summed E-state index contributed by atoms with van der Waals surface area (Å²) in [7, 11) is 2.03. The van der Waals surface area contributed by atoms with E-state index in [1.807, 2.05) is 7.05 Å². The van der Waals surface area contributed by atoms with Gasteiger partial charge < -0.3 is 15.3 Å². The molecule has 0 amide bonds. The molecule has 2 N–H and O–H groups in total. The second-order valence-corrected chi connectivity index (χ2v) is 5.90. The molecule has 0 radical (unpaired) electrons. The number of aliphatic hydroxyl groups excluding tert-OH is 1. The highest BCUT2D eigenvalue weighted by molar-refractivity contribution is 4.84. The summed E-state index contributed by atoms with van der Waals surface area (Å²) in [6, 6.07) is 0.531. The van der Waals surface area contributed by atoms with Gasteiger partial charge in [0, 0.05) is 19.2 Å². The minimum atomic E-state index is 0.306. The third-order valence-electron chi connectivity index (χ3n) is 4.20. The molecule has 1 aliphatic rings. The first-order valence-corrected chi connectivity index (χ1v) is 6.50. The van der Waals surface area contributed by atoms with Gasteiger partial charge in [-0.05, 0) is 51.2 Å². The van der Waals surface area contributed by atoms with Crippen LogP contribution >= 0.6 is 0 Å². The smallest absolute Gasteiger partial charge is 0.0460 e. The van der Waals surface area contributed by atoms with Crippen LogP contribution in [0.25, 0.3) is 0 Å². The highest BCUT2D eigenvalue weighted by Gasteiger charge is 2.29. The van der Waals surface area contributed by atoms with E-state index in [0.717, 1.165) is 32.5 Å². The van der Waals surface area contributed by atoms with Crippen molar-refractivity contribution in [3.63, 3.8) is 0 Å². The maximum atomic E-state index is 9.11. The molecule has 96 valence electrons. The number of hydrogen-bond donors (Lipinski definition) is 2. The van der Waals surface area contributed by atoms with Crippen LogP contribution in [0, 0.1) is 11.3 Å². The molecule has 1 atom stereocenters. The Hall–Kier alpha value is -0.120. The van der Waals surface area contributed by atoms with Gasteiger partial charge >= 0.3 is 0 Å². The lowest BCUT2D eigenvalue weighted by molar-refractivity contribution is 0.0886. The molecule has 16 heavy (non-hydrogen) atoms. The largest absolute Gasteiger partial charge is 0.396 e. The Kier molecular flexibility index (Phi) is 5.22. The average Bonchev–Trinajstić information content (AvgIpc) is 2.28. The molecule has 1 unspecified atom stereocenters. The van der Waals surface area contributed by atoms with Crippen molar-refractivity contribution in [3.8, 4) is 0 Å². The summed E-state index contributed by atoms with van der Waals surface area (Å²) in [6.45, 7) is 10.7. The van der Waals surface area contributed by atoms with Crippen LogP contribution in [0.5, 0.6) is 0 Å². The number of aliphatic hydroxyl groups is 1. The van der Waals surface area contributed by atoms with Crippen molar-refractivity contribution in [3.05, 3.63) is 0 Å². The van der Waals surface area contributed by atoms with Crippen molar-refractivity contribution < 1.29 is 5.11 Å². The van der Waals surface area contributed by atoms with Crippen LogP contribution in [-0.2, 0) is 0 Å². The third-order valence-corrected chi connectivity index (χ3v) is 4.20. The number of piperidine rings is 1. The standard InChI is InChI=1S/C13H28N2O/c1-11(14-4)13(2,3)10-15-7-5-12(9-16)6-8-15/h11-12,14,16H,5-10H2,1-4H3. The Morgan fingerprint density at radius 3 is 2.38 bits per heavy atom. The zero-order chi connectivity index (χ0) is 12.2. The van der Waals surface area contributed by atoms with Gasteiger partial charge in [0.15, 0.2) is 0 Å². The second kappa shape index (κ2) is 5.99. The van der Waals surface area contributed by atoms with Crippen LogP contribution in [0.2, 0.25) is 0 Å². The second-order valence-electron chi connectivity index (χ2n) is 5.90. The summed E-state index contributed by atoms with van der Waals surface area (Å²) < 4.78 is 0. The third kappa shape index (κ3) is 3.72. The normalized spacial score (nSPS) is 22.3. The van der Waals surface area contributed by atoms with Crippen LogP contribution in [0.3, 0.4) is 0 Å². The number of likely N-dealkylation sites (tertiary alicyclic amines) is 1. The van der Waals surface area contributed by atoms with E-state index in [9.17, 15) is 0 Å². The first-order chi connectivity index (χ1) is 7.49. The molecular formula is C13H28N2O. The van der Waals surface area contributed by atoms with Crippen LogP contribution < -0.4 is 5.32 Å². The van der Waals surface area contributed by atoms with Crippen LogP contribution in [0.15, 0.2) is 0 Å². The van der Waals surface area contributed by atoms with Crippen LogP contribution in [-0.4, -0.2) is 49.3 Å². The van der Waals surface area contributed by atoms with E-state index in [2.05, 4.69) is 31.0 Å². The zero-order valence-electron chi connectivity index (χ0n) is 11.3. The molecule has 1 heterocycles. The first kappa shape index (κ1) is 13.9. The molecule has 1 rings (SSSR count). The van der Waals surface area contributed by atoms with E-state index >= 15 is 0 Å². The fraction of sp³-hybridized carbons (Fsp3) is 1.00. The summed E-state index contributed by atoms with van der Waals surface area (Å²) in [5.74, 6) is 0.543. The van der Waals surface area contributed by atoms with Crippen molar-refractivity contribution in [2.24, 2.45) is 11.3 Å². The number of rotatable bonds is 5. The van der Waals surface area contributed by atoms with E-state index in [0.29, 0.717) is 24.0 Å². The maximum absolute atomic E-state index is 9.11. The van der Waals surface area contributed by atoms with E-state index in [1.54, 1.807) is 0 Å². The minimum Gasteiger partial charge on any atom is -0.396 e. The Morgan fingerprint density at radius 1 is 1.38 bits per heavy atom. The summed E-state index contributed by atoms with van der Waals surface area (Å²) in [5.41, 5.74) is 0.306. The minimum absolute atomic E-state index is 0.306. The van der Waals surface area contributed by atoms with Gasteiger partial charge in [0.1, 0.15) is 0 Å². The Balaban J connectivity index is 2.38. The zero-order valence-corrected chi connectivity index (χ0v) is 11.3. The number of nitrogens with zero attached hydrogens (tertiary/aromatic N) is 1. The first-order valence-electron chi connectivity index (χ1n) is 6.50. The molecule has 1 saturated heterocycles. The van der Waals surface area contributed by atoms with Gasteiger partial charge in [0.05, 0.1) is 0 Å². The quantitative estimate of drug-likeness (QED) is 0.745. The van der Waals surface area contributed by atoms with Crippen molar-refractivity contribution in [2.75, 3.05) is 33.3 Å². The van der Waals surface area contributed by atoms with Crippen molar-refractivity contribution in [1.82, 2.24) is 10.2 Å². The van der Waals surface area contributed by atoms with Crippen molar-refractivity contribution in [2.45, 2.75) is 39.7 Å². The van der Waals surface area contributed by atoms with Crippen molar-refractivity contribution >= 4 is 0 Å². The lowest BCUT2D eigenvalue weighted by Gasteiger charge is -2.40. The predicted molar refractivity (Wildman–Crippen MR) is 68.6 cm³/mol. The molecule has 0 aromatic rings. The molecule has 0 spiro atoms. The summed E-state index contributed by atoms with van der Waals surface area (Å²) in [4.78, 5) is 2.54. The van der Waals surface area contributed by atoms with E-state index in [1.165, 1.54) is 0 Å². The topological polar surface area (TPSA) is 35.5 Å². The van der Waals surface area contributed by atoms with Crippen molar-refractivity contribution in [1.29, 1.82) is 0 Å². The van der Waals surface area contributed by atoms with E-state index in [4.69, 9.17) is 5.11 Å². The average molecular weight is 228 g/mol. The van der Waals surface area contributed by atoms with Crippen LogP contribution in [0.4, 0.5) is 0 Å². The molecule has 0 aliphatic carbocycles. The van der Waals surface area contributed by atoms with Gasteiger partial charge in [-0.2, -0.15) is 0 Å². The summed E-state index contributed by atoms with van der Waals surface area (Å²) >= 11 is 0. The lowest BCUT2D eigenvalue weighted by Crippen LogP contribution is -2.47. The number of hydrogen-bond acceptors (Lipinski definition) is 3. The van der Waals surface area contributed by atoms with Gasteiger partial charge in [-0.25, -0.2) is 0 Å². The predicted octanol–water partition coefficient (Wildman–Crippen LogP) is 1.32. The number of nitrogens with one attached hydrogen (secondary N) is 1. The molecule has 0 bridgehead atoms. The van der Waals surface area contributed by atoms with Gasteiger partial charge in [0.2, 0.25) is 0 Å². The Morgan fingerprint density at radius 2 is 1.94 bits per heavy atom. The van der Waals surface area contributed by atoms with Gasteiger partial charge in [0.25, 0.3) is 0 Å². The molecule has 1 fully saturated rings. The van der Waals surface area contributed by atoms with Gasteiger partial charge in [-0.3, -0.25) is 0 Å². The summed E-state index contributed by atoms with van der Waals surface area (Å²) in [6.07, 6.45) is 2.31. The molecular weight excluding hydrogens is 200 g/mol. The molecule has 3 nitrogen and oxygen atoms in total. The van der Waals surface area contributed by atoms with Gasteiger partial charge in [-0.15, -0.1) is 0 Å². The lowest BCUT2D eigenvalue weighted by atomic mass is 9.84. The Labute approximate surface area is 100 Å². The SMILES string of the molecule is CNC(C)C(C)(C)CN1CCC(CO)CC1. The van der Waals surface area contributed by atoms with Crippen LogP contribution in [0.1, 0.15) is 33.6 Å². The Bertz CT molecular complexity index is 198. The van der Waals surface area contributed by atoms with E-state index in [-0.39, 0.29) is 0 Å². The fourth-order valence-corrected chi connectivity index (χ4v) is 2.43.